The van der Waals surface area contributed by atoms with Crippen LogP contribution in [-0.2, 0) is 14.3 Å². The van der Waals surface area contributed by atoms with Crippen molar-refractivity contribution in [3.8, 4) is 5.75 Å². The van der Waals surface area contributed by atoms with Gasteiger partial charge >= 0.3 is 0 Å². The third-order valence-corrected chi connectivity index (χ3v) is 7.32. The second-order valence-corrected chi connectivity index (χ2v) is 11.0. The van der Waals surface area contributed by atoms with Gasteiger partial charge in [0, 0.05) is 22.8 Å². The van der Waals surface area contributed by atoms with Gasteiger partial charge in [-0.1, -0.05) is 12.2 Å². The number of nitrogens with zero attached hydrogens (tertiary/aromatic N) is 1. The van der Waals surface area contributed by atoms with Crippen molar-refractivity contribution >= 4 is 17.5 Å². The second-order valence-electron chi connectivity index (χ2n) is 11.0. The Hall–Kier alpha value is -2.38. The normalized spacial score (nSPS) is 34.6. The summed E-state index contributed by atoms with van der Waals surface area (Å²) in [6.45, 7) is 9.09. The number of hydrogen-bond acceptors (Lipinski definition) is 5. The Kier molecular flexibility index (Phi) is 4.73. The Bertz CT molecular complexity index is 954. The molecule has 0 saturated carbocycles. The molecule has 172 valence electrons. The van der Waals surface area contributed by atoms with E-state index < -0.39 is 17.4 Å². The Balaban J connectivity index is 1.36. The van der Waals surface area contributed by atoms with E-state index in [4.69, 9.17) is 9.47 Å². The smallest absolute Gasteiger partial charge is 0.234 e. The van der Waals surface area contributed by atoms with Gasteiger partial charge in [-0.05, 0) is 64.8 Å². The zero-order valence-corrected chi connectivity index (χ0v) is 19.5. The van der Waals surface area contributed by atoms with E-state index in [9.17, 15) is 9.59 Å². The summed E-state index contributed by atoms with van der Waals surface area (Å²) < 4.78 is 11.5. The van der Waals surface area contributed by atoms with Gasteiger partial charge in [-0.15, -0.1) is 0 Å². The number of nitrogens with one attached hydrogen (secondary N) is 2. The van der Waals surface area contributed by atoms with Gasteiger partial charge in [0.25, 0.3) is 0 Å². The third kappa shape index (κ3) is 3.42. The lowest BCUT2D eigenvalue weighted by atomic mass is 9.75. The fraction of sp³-hybridized carbons (Fsp3) is 0.600. The first kappa shape index (κ1) is 21.5. The van der Waals surface area contributed by atoms with Gasteiger partial charge in [-0.2, -0.15) is 0 Å². The van der Waals surface area contributed by atoms with Crippen LogP contribution < -0.4 is 20.3 Å². The van der Waals surface area contributed by atoms with Crippen molar-refractivity contribution in [3.05, 3.63) is 36.4 Å². The van der Waals surface area contributed by atoms with Crippen molar-refractivity contribution in [2.75, 3.05) is 18.6 Å². The van der Waals surface area contributed by atoms with Crippen molar-refractivity contribution in [1.82, 2.24) is 10.6 Å². The Morgan fingerprint density at radius 1 is 1.16 bits per heavy atom. The summed E-state index contributed by atoms with van der Waals surface area (Å²) in [5.41, 5.74) is -0.0714. The van der Waals surface area contributed by atoms with E-state index in [2.05, 4.69) is 38.3 Å². The molecule has 5 rings (SSSR count). The van der Waals surface area contributed by atoms with Crippen LogP contribution in [-0.4, -0.2) is 54.3 Å². The minimum Gasteiger partial charge on any atom is -0.497 e. The highest BCUT2D eigenvalue weighted by atomic mass is 16.5. The quantitative estimate of drug-likeness (QED) is 0.705. The highest BCUT2D eigenvalue weighted by molar-refractivity contribution is 6.03. The molecular formula is C25H33N3O4. The van der Waals surface area contributed by atoms with Crippen LogP contribution in [0.25, 0.3) is 0 Å². The van der Waals surface area contributed by atoms with E-state index in [0.29, 0.717) is 6.54 Å². The molecular weight excluding hydrogens is 406 g/mol. The summed E-state index contributed by atoms with van der Waals surface area (Å²) in [7, 11) is 1.62. The van der Waals surface area contributed by atoms with Crippen molar-refractivity contribution in [2.45, 2.75) is 69.4 Å². The molecule has 2 bridgehead atoms. The molecule has 4 aliphatic heterocycles. The molecule has 4 atom stereocenters. The van der Waals surface area contributed by atoms with E-state index >= 15 is 0 Å². The molecule has 4 aliphatic rings. The van der Waals surface area contributed by atoms with Crippen molar-refractivity contribution in [2.24, 2.45) is 11.8 Å². The van der Waals surface area contributed by atoms with Crippen LogP contribution in [0.15, 0.2) is 36.4 Å². The van der Waals surface area contributed by atoms with E-state index in [1.165, 1.54) is 0 Å². The van der Waals surface area contributed by atoms with E-state index in [1.807, 2.05) is 36.4 Å². The van der Waals surface area contributed by atoms with E-state index in [1.54, 1.807) is 12.0 Å². The number of rotatable bonds is 4. The number of hydrogen-bond donors (Lipinski definition) is 2. The number of fused-ring (bicyclic) bond motifs is 1. The molecule has 0 unspecified atom stereocenters. The molecule has 32 heavy (non-hydrogen) atoms. The molecule has 3 saturated heterocycles. The van der Waals surface area contributed by atoms with E-state index in [-0.39, 0.29) is 35.0 Å². The molecule has 4 heterocycles. The molecule has 1 aromatic carbocycles. The summed E-state index contributed by atoms with van der Waals surface area (Å²) in [5.74, 6) is -0.386. The zero-order chi connectivity index (χ0) is 22.9. The SMILES string of the molecule is COc1ccc(N2C[C@]34C=C[C@@H](O3)[C@@H](C(=O)NC3CC(C)(C)NC(C)(C)C3)[C@H]4C2=O)cc1. The van der Waals surface area contributed by atoms with Gasteiger partial charge < -0.3 is 25.0 Å². The second kappa shape index (κ2) is 7.06. The highest BCUT2D eigenvalue weighted by Crippen LogP contribution is 2.52. The Morgan fingerprint density at radius 3 is 2.44 bits per heavy atom. The number of piperidine rings is 1. The lowest BCUT2D eigenvalue weighted by Crippen LogP contribution is -2.62. The summed E-state index contributed by atoms with van der Waals surface area (Å²) >= 11 is 0. The van der Waals surface area contributed by atoms with Crippen LogP contribution in [0.5, 0.6) is 5.75 Å². The zero-order valence-electron chi connectivity index (χ0n) is 19.5. The maximum Gasteiger partial charge on any atom is 0.234 e. The molecule has 1 spiro atoms. The Labute approximate surface area is 189 Å². The van der Waals surface area contributed by atoms with Crippen molar-refractivity contribution in [3.63, 3.8) is 0 Å². The molecule has 1 aromatic rings. The minimum absolute atomic E-state index is 0.0480. The summed E-state index contributed by atoms with van der Waals surface area (Å²) in [6.07, 6.45) is 5.30. The molecule has 2 N–H and O–H groups in total. The predicted octanol–water partition coefficient (Wildman–Crippen LogP) is 2.41. The monoisotopic (exact) mass is 439 g/mol. The maximum atomic E-state index is 13.5. The number of anilines is 1. The first-order chi connectivity index (χ1) is 15.0. The summed E-state index contributed by atoms with van der Waals surface area (Å²) in [5, 5.41) is 6.93. The van der Waals surface area contributed by atoms with Gasteiger partial charge in [-0.25, -0.2) is 0 Å². The number of carbonyl (C=O) groups is 2. The minimum atomic E-state index is -0.726. The first-order valence-electron chi connectivity index (χ1n) is 11.4. The molecule has 7 nitrogen and oxygen atoms in total. The van der Waals surface area contributed by atoms with Crippen LogP contribution in [0.3, 0.4) is 0 Å². The van der Waals surface area contributed by atoms with Crippen LogP contribution in [0, 0.1) is 11.8 Å². The van der Waals surface area contributed by atoms with E-state index in [0.717, 1.165) is 24.3 Å². The summed E-state index contributed by atoms with van der Waals surface area (Å²) in [4.78, 5) is 28.8. The van der Waals surface area contributed by atoms with Crippen molar-refractivity contribution < 1.29 is 19.1 Å². The highest BCUT2D eigenvalue weighted by Gasteiger charge is 2.67. The molecule has 0 aliphatic carbocycles. The van der Waals surface area contributed by atoms with Gasteiger partial charge in [0.05, 0.1) is 31.6 Å². The lowest BCUT2D eigenvalue weighted by molar-refractivity contribution is -0.132. The topological polar surface area (TPSA) is 79.9 Å². The fourth-order valence-electron chi connectivity index (χ4n) is 6.50. The van der Waals surface area contributed by atoms with Gasteiger partial charge in [0.1, 0.15) is 11.4 Å². The van der Waals surface area contributed by atoms with Crippen LogP contribution in [0.4, 0.5) is 5.69 Å². The molecule has 0 radical (unpaired) electrons. The maximum absolute atomic E-state index is 13.5. The molecule has 3 fully saturated rings. The number of benzene rings is 1. The van der Waals surface area contributed by atoms with Crippen molar-refractivity contribution in [1.29, 1.82) is 0 Å². The number of carbonyl (C=O) groups excluding carboxylic acids is 2. The largest absolute Gasteiger partial charge is 0.497 e. The molecule has 2 amide bonds. The fourth-order valence-corrected chi connectivity index (χ4v) is 6.50. The standard InChI is InChI=1S/C25H33N3O4/c1-23(2)12-15(13-24(3,4)27-23)26-21(29)19-18-10-11-25(32-18)14-28(22(30)20(19)25)16-6-8-17(31-5)9-7-16/h6-11,15,18-20,27H,12-14H2,1-5H3,(H,26,29)/t18-,19-,20+,25+/m1/s1. The summed E-state index contributed by atoms with van der Waals surface area (Å²) in [6, 6.07) is 7.49. The third-order valence-electron chi connectivity index (χ3n) is 7.32. The van der Waals surface area contributed by atoms with Gasteiger partial charge in [0.2, 0.25) is 11.8 Å². The number of ether oxygens (including phenoxy) is 2. The number of amides is 2. The number of methoxy groups -OCH3 is 1. The van der Waals surface area contributed by atoms with Crippen LogP contribution >= 0.6 is 0 Å². The molecule has 7 heteroatoms. The average Bonchev–Trinajstić information content (AvgIpc) is 3.34. The van der Waals surface area contributed by atoms with Crippen LogP contribution in [0.1, 0.15) is 40.5 Å². The van der Waals surface area contributed by atoms with Crippen LogP contribution in [0.2, 0.25) is 0 Å². The average molecular weight is 440 g/mol. The Morgan fingerprint density at radius 2 is 1.81 bits per heavy atom. The van der Waals surface area contributed by atoms with Gasteiger partial charge in [-0.3, -0.25) is 9.59 Å². The molecule has 0 aromatic heterocycles. The predicted molar refractivity (Wildman–Crippen MR) is 122 cm³/mol. The first-order valence-corrected chi connectivity index (χ1v) is 11.4. The lowest BCUT2D eigenvalue weighted by Gasteiger charge is -2.47. The van der Waals surface area contributed by atoms with Gasteiger partial charge in [0.15, 0.2) is 0 Å².